The highest BCUT2D eigenvalue weighted by molar-refractivity contribution is 5.95. The van der Waals surface area contributed by atoms with Crippen molar-refractivity contribution >= 4 is 18.0 Å². The van der Waals surface area contributed by atoms with Gasteiger partial charge in [0.15, 0.2) is 0 Å². The molecule has 0 saturated heterocycles. The fraction of sp³-hybridized carbons (Fsp3) is 0.286. The Morgan fingerprint density at radius 1 is 0.821 bits per heavy atom. The average Bonchev–Trinajstić information content (AvgIpc) is 2.67. The Labute approximate surface area is 164 Å². The van der Waals surface area contributed by atoms with E-state index in [0.717, 1.165) is 11.1 Å². The number of aryl methyl sites for hydroxylation is 2. The molecule has 0 heterocycles. The van der Waals surface area contributed by atoms with E-state index >= 15 is 0 Å². The molecule has 0 aliphatic carbocycles. The minimum Gasteiger partial charge on any atom is -0.434 e. The van der Waals surface area contributed by atoms with E-state index in [1.54, 1.807) is 13.0 Å². The third kappa shape index (κ3) is 6.12. The van der Waals surface area contributed by atoms with Crippen LogP contribution in [0.4, 0.5) is 4.79 Å². The molecule has 28 heavy (non-hydrogen) atoms. The SMILES string of the molecule is CCOC(=O)Oc1ccc(C(=O)NCCNC(=O)c2ccc(C)c(C)c2)cc1. The van der Waals surface area contributed by atoms with Gasteiger partial charge in [-0.05, 0) is 68.3 Å². The summed E-state index contributed by atoms with van der Waals surface area (Å²) in [6.07, 6.45) is -0.792. The molecular weight excluding hydrogens is 360 g/mol. The molecule has 0 aliphatic rings. The molecule has 7 nitrogen and oxygen atoms in total. The molecule has 0 unspecified atom stereocenters. The first kappa shape index (κ1) is 21.0. The van der Waals surface area contributed by atoms with Crippen molar-refractivity contribution in [1.29, 1.82) is 0 Å². The number of carbonyl (C=O) groups is 3. The Kier molecular flexibility index (Phi) is 7.56. The second kappa shape index (κ2) is 10.1. The molecule has 0 radical (unpaired) electrons. The molecule has 148 valence electrons. The van der Waals surface area contributed by atoms with Crippen LogP contribution in [0.2, 0.25) is 0 Å². The Hall–Kier alpha value is -3.35. The van der Waals surface area contributed by atoms with Crippen LogP contribution in [-0.4, -0.2) is 37.7 Å². The van der Waals surface area contributed by atoms with Gasteiger partial charge in [0.05, 0.1) is 6.61 Å². The topological polar surface area (TPSA) is 93.7 Å². The second-order valence-corrected chi connectivity index (χ2v) is 6.12. The van der Waals surface area contributed by atoms with Gasteiger partial charge < -0.3 is 20.1 Å². The van der Waals surface area contributed by atoms with Gasteiger partial charge in [0.25, 0.3) is 11.8 Å². The summed E-state index contributed by atoms with van der Waals surface area (Å²) in [6, 6.07) is 11.6. The fourth-order valence-corrected chi connectivity index (χ4v) is 2.36. The monoisotopic (exact) mass is 384 g/mol. The highest BCUT2D eigenvalue weighted by Gasteiger charge is 2.09. The molecule has 2 rings (SSSR count). The molecule has 0 saturated carbocycles. The Morgan fingerprint density at radius 3 is 1.96 bits per heavy atom. The van der Waals surface area contributed by atoms with E-state index in [1.807, 2.05) is 26.0 Å². The van der Waals surface area contributed by atoms with Gasteiger partial charge in [-0.2, -0.15) is 0 Å². The summed E-state index contributed by atoms with van der Waals surface area (Å²) in [5.74, 6) is -0.184. The standard InChI is InChI=1S/C21H24N2O5/c1-4-27-21(26)28-18-9-7-16(8-10-18)19(24)22-11-12-23-20(25)17-6-5-14(2)15(3)13-17/h5-10,13H,4,11-12H2,1-3H3,(H,22,24)(H,23,25). The number of amides is 2. The molecule has 0 bridgehead atoms. The zero-order chi connectivity index (χ0) is 20.5. The molecule has 0 fully saturated rings. The van der Waals surface area contributed by atoms with Crippen LogP contribution in [-0.2, 0) is 4.74 Å². The summed E-state index contributed by atoms with van der Waals surface area (Å²) in [5.41, 5.74) is 3.18. The van der Waals surface area contributed by atoms with E-state index < -0.39 is 6.16 Å². The molecule has 2 N–H and O–H groups in total. The highest BCUT2D eigenvalue weighted by atomic mass is 16.7. The minimum absolute atomic E-state index is 0.183. The minimum atomic E-state index is -0.792. The quantitative estimate of drug-likeness (QED) is 0.435. The summed E-state index contributed by atoms with van der Waals surface area (Å²) in [5, 5.41) is 5.49. The normalized spacial score (nSPS) is 10.1. The summed E-state index contributed by atoms with van der Waals surface area (Å²) in [6.45, 7) is 6.44. The maximum Gasteiger partial charge on any atom is 0.513 e. The van der Waals surface area contributed by atoms with Crippen molar-refractivity contribution in [2.24, 2.45) is 0 Å². The Morgan fingerprint density at radius 2 is 1.39 bits per heavy atom. The van der Waals surface area contributed by atoms with E-state index in [4.69, 9.17) is 4.74 Å². The highest BCUT2D eigenvalue weighted by Crippen LogP contribution is 2.13. The lowest BCUT2D eigenvalue weighted by atomic mass is 10.1. The third-order valence-electron chi connectivity index (χ3n) is 4.05. The number of hydrogen-bond acceptors (Lipinski definition) is 5. The molecule has 7 heteroatoms. The number of benzene rings is 2. The van der Waals surface area contributed by atoms with Crippen LogP contribution in [0.15, 0.2) is 42.5 Å². The van der Waals surface area contributed by atoms with Gasteiger partial charge in [0.2, 0.25) is 0 Å². The molecule has 0 aliphatic heterocycles. The van der Waals surface area contributed by atoms with Crippen molar-refractivity contribution in [2.45, 2.75) is 20.8 Å². The maximum absolute atomic E-state index is 12.1. The molecule has 2 amide bonds. The number of nitrogens with one attached hydrogen (secondary N) is 2. The molecular formula is C21H24N2O5. The molecule has 0 aromatic heterocycles. The lowest BCUT2D eigenvalue weighted by Crippen LogP contribution is -2.34. The number of rotatable bonds is 7. The zero-order valence-electron chi connectivity index (χ0n) is 16.2. The average molecular weight is 384 g/mol. The van der Waals surface area contributed by atoms with E-state index in [9.17, 15) is 14.4 Å². The maximum atomic E-state index is 12.1. The number of ether oxygens (including phenoxy) is 2. The third-order valence-corrected chi connectivity index (χ3v) is 4.05. The van der Waals surface area contributed by atoms with E-state index in [1.165, 1.54) is 24.3 Å². The second-order valence-electron chi connectivity index (χ2n) is 6.12. The van der Waals surface area contributed by atoms with Crippen LogP contribution in [0, 0.1) is 13.8 Å². The zero-order valence-corrected chi connectivity index (χ0v) is 16.2. The summed E-state index contributed by atoms with van der Waals surface area (Å²) >= 11 is 0. The summed E-state index contributed by atoms with van der Waals surface area (Å²) in [7, 11) is 0. The number of carbonyl (C=O) groups excluding carboxylic acids is 3. The molecule has 2 aromatic rings. The van der Waals surface area contributed by atoms with E-state index in [2.05, 4.69) is 15.4 Å². The lowest BCUT2D eigenvalue weighted by molar-refractivity contribution is 0.0927. The first-order valence-corrected chi connectivity index (χ1v) is 8.99. The van der Waals surface area contributed by atoms with Gasteiger partial charge in [0, 0.05) is 24.2 Å². The van der Waals surface area contributed by atoms with Crippen molar-refractivity contribution < 1.29 is 23.9 Å². The summed E-state index contributed by atoms with van der Waals surface area (Å²) < 4.78 is 9.61. The molecule has 0 atom stereocenters. The lowest BCUT2D eigenvalue weighted by Gasteiger charge is -2.09. The van der Waals surface area contributed by atoms with Gasteiger partial charge in [-0.1, -0.05) is 6.07 Å². The predicted octanol–water partition coefficient (Wildman–Crippen LogP) is 3.00. The smallest absolute Gasteiger partial charge is 0.434 e. The van der Waals surface area contributed by atoms with Gasteiger partial charge in [-0.3, -0.25) is 9.59 Å². The Balaban J connectivity index is 1.76. The molecule has 2 aromatic carbocycles. The van der Waals surface area contributed by atoms with Crippen molar-refractivity contribution in [2.75, 3.05) is 19.7 Å². The number of hydrogen-bond donors (Lipinski definition) is 2. The van der Waals surface area contributed by atoms with E-state index in [-0.39, 0.29) is 30.7 Å². The van der Waals surface area contributed by atoms with Gasteiger partial charge >= 0.3 is 6.16 Å². The summed E-state index contributed by atoms with van der Waals surface area (Å²) in [4.78, 5) is 35.5. The Bertz CT molecular complexity index is 846. The van der Waals surface area contributed by atoms with Crippen LogP contribution in [0.3, 0.4) is 0 Å². The van der Waals surface area contributed by atoms with Gasteiger partial charge in [-0.25, -0.2) is 4.79 Å². The van der Waals surface area contributed by atoms with Crippen molar-refractivity contribution in [1.82, 2.24) is 10.6 Å². The van der Waals surface area contributed by atoms with E-state index in [0.29, 0.717) is 17.7 Å². The van der Waals surface area contributed by atoms with Crippen LogP contribution in [0.1, 0.15) is 38.8 Å². The van der Waals surface area contributed by atoms with Gasteiger partial charge in [0.1, 0.15) is 5.75 Å². The van der Waals surface area contributed by atoms with Crippen LogP contribution < -0.4 is 15.4 Å². The van der Waals surface area contributed by atoms with Crippen LogP contribution >= 0.6 is 0 Å². The molecule has 0 spiro atoms. The van der Waals surface area contributed by atoms with Crippen molar-refractivity contribution in [3.05, 3.63) is 64.7 Å². The van der Waals surface area contributed by atoms with Crippen molar-refractivity contribution in [3.8, 4) is 5.75 Å². The largest absolute Gasteiger partial charge is 0.513 e. The first-order valence-electron chi connectivity index (χ1n) is 8.99. The van der Waals surface area contributed by atoms with Crippen LogP contribution in [0.25, 0.3) is 0 Å². The predicted molar refractivity (Wildman–Crippen MR) is 105 cm³/mol. The van der Waals surface area contributed by atoms with Gasteiger partial charge in [-0.15, -0.1) is 0 Å². The first-order chi connectivity index (χ1) is 13.4. The fourth-order valence-electron chi connectivity index (χ4n) is 2.36. The van der Waals surface area contributed by atoms with Crippen LogP contribution in [0.5, 0.6) is 5.75 Å². The van der Waals surface area contributed by atoms with Crippen molar-refractivity contribution in [3.63, 3.8) is 0 Å².